The van der Waals surface area contributed by atoms with E-state index in [1.807, 2.05) is 18.2 Å². The smallest absolute Gasteiger partial charge is 0.334 e. The number of para-hydroxylation sites is 2. The minimum Gasteiger partial charge on any atom is -0.448 e. The number of fused-ring (bicyclic) bond motifs is 1. The van der Waals surface area contributed by atoms with Crippen LogP contribution in [0.15, 0.2) is 54.7 Å². The van der Waals surface area contributed by atoms with Crippen molar-refractivity contribution < 1.29 is 9.66 Å². The summed E-state index contributed by atoms with van der Waals surface area (Å²) in [6, 6.07) is 13.7. The number of hydrogen-bond donors (Lipinski definition) is 1. The van der Waals surface area contributed by atoms with Crippen LogP contribution >= 0.6 is 0 Å². The molecule has 0 aliphatic rings. The van der Waals surface area contributed by atoms with E-state index < -0.39 is 4.92 Å². The van der Waals surface area contributed by atoms with Gasteiger partial charge in [0.25, 0.3) is 0 Å². The Balaban J connectivity index is 2.12. The van der Waals surface area contributed by atoms with Crippen molar-refractivity contribution >= 4 is 22.3 Å². The molecule has 21 heavy (non-hydrogen) atoms. The number of nitro benzene ring substituents is 1. The van der Waals surface area contributed by atoms with Gasteiger partial charge < -0.3 is 10.5 Å². The van der Waals surface area contributed by atoms with Crippen molar-refractivity contribution in [3.8, 4) is 11.5 Å². The summed E-state index contributed by atoms with van der Waals surface area (Å²) >= 11 is 0. The molecule has 0 unspecified atom stereocenters. The number of benzene rings is 2. The van der Waals surface area contributed by atoms with Crippen LogP contribution in [0, 0.1) is 10.1 Å². The summed E-state index contributed by atoms with van der Waals surface area (Å²) in [4.78, 5) is 14.8. The van der Waals surface area contributed by atoms with Crippen LogP contribution in [0.1, 0.15) is 0 Å². The second kappa shape index (κ2) is 5.09. The predicted octanol–water partition coefficient (Wildman–Crippen LogP) is 3.52. The van der Waals surface area contributed by atoms with E-state index in [-0.39, 0.29) is 17.1 Å². The van der Waals surface area contributed by atoms with E-state index in [1.54, 1.807) is 24.4 Å². The van der Waals surface area contributed by atoms with Crippen LogP contribution in [0.5, 0.6) is 11.5 Å². The van der Waals surface area contributed by atoms with Gasteiger partial charge in [0.2, 0.25) is 5.75 Å². The van der Waals surface area contributed by atoms with Gasteiger partial charge >= 0.3 is 5.69 Å². The molecule has 3 aromatic rings. The maximum Gasteiger partial charge on any atom is 0.334 e. The van der Waals surface area contributed by atoms with E-state index in [0.29, 0.717) is 11.3 Å². The number of aromatic nitrogens is 1. The second-order valence-electron chi connectivity index (χ2n) is 4.38. The molecule has 2 N–H and O–H groups in total. The van der Waals surface area contributed by atoms with Gasteiger partial charge in [0, 0.05) is 11.6 Å². The lowest BCUT2D eigenvalue weighted by atomic mass is 10.2. The molecule has 2 aromatic carbocycles. The summed E-state index contributed by atoms with van der Waals surface area (Å²) in [5.41, 5.74) is 6.10. The summed E-state index contributed by atoms with van der Waals surface area (Å²) in [5, 5.41) is 12.0. The zero-order chi connectivity index (χ0) is 14.8. The molecule has 0 saturated carbocycles. The lowest BCUT2D eigenvalue weighted by molar-refractivity contribution is -0.384. The third-order valence-electron chi connectivity index (χ3n) is 3.03. The Morgan fingerprint density at radius 1 is 1.05 bits per heavy atom. The van der Waals surface area contributed by atoms with E-state index in [9.17, 15) is 10.1 Å². The molecule has 0 saturated heterocycles. The molecular weight excluding hydrogens is 270 g/mol. The van der Waals surface area contributed by atoms with Crippen molar-refractivity contribution in [3.05, 3.63) is 64.8 Å². The van der Waals surface area contributed by atoms with E-state index in [2.05, 4.69) is 4.98 Å². The Morgan fingerprint density at radius 3 is 2.57 bits per heavy atom. The topological polar surface area (TPSA) is 91.3 Å². The number of nitro groups is 1. The fraction of sp³-hybridized carbons (Fsp3) is 0. The fourth-order valence-electron chi connectivity index (χ4n) is 2.09. The summed E-state index contributed by atoms with van der Waals surface area (Å²) in [6.45, 7) is 0. The number of rotatable bonds is 3. The first-order chi connectivity index (χ1) is 10.2. The van der Waals surface area contributed by atoms with E-state index in [1.165, 1.54) is 12.1 Å². The molecule has 0 atom stereocenters. The SMILES string of the molecule is Nc1cccc(Oc2cccc3cccnc23)c1[N+](=O)[O-]. The highest BCUT2D eigenvalue weighted by atomic mass is 16.6. The zero-order valence-electron chi connectivity index (χ0n) is 10.9. The molecule has 3 rings (SSSR count). The largest absolute Gasteiger partial charge is 0.448 e. The first kappa shape index (κ1) is 12.9. The molecule has 0 bridgehead atoms. The Kier molecular flexibility index (Phi) is 3.12. The van der Waals surface area contributed by atoms with Crippen LogP contribution in [0.4, 0.5) is 11.4 Å². The maximum absolute atomic E-state index is 11.1. The molecule has 6 nitrogen and oxygen atoms in total. The van der Waals surface area contributed by atoms with Crippen molar-refractivity contribution in [1.29, 1.82) is 0 Å². The third kappa shape index (κ3) is 2.34. The van der Waals surface area contributed by atoms with Crippen LogP contribution in [0.2, 0.25) is 0 Å². The number of nitrogen functional groups attached to an aromatic ring is 1. The fourth-order valence-corrected chi connectivity index (χ4v) is 2.09. The van der Waals surface area contributed by atoms with Crippen molar-refractivity contribution in [3.63, 3.8) is 0 Å². The number of hydrogen-bond acceptors (Lipinski definition) is 5. The molecule has 0 fully saturated rings. The molecule has 0 aliphatic heterocycles. The van der Waals surface area contributed by atoms with E-state index in [0.717, 1.165) is 5.39 Å². The Morgan fingerprint density at radius 2 is 1.76 bits per heavy atom. The van der Waals surface area contributed by atoms with Crippen LogP contribution in [0.3, 0.4) is 0 Å². The number of ether oxygens (including phenoxy) is 1. The Hall–Kier alpha value is -3.15. The molecule has 104 valence electrons. The molecular formula is C15H11N3O3. The molecule has 0 aliphatic carbocycles. The zero-order valence-corrected chi connectivity index (χ0v) is 10.9. The minimum atomic E-state index is -0.552. The summed E-state index contributed by atoms with van der Waals surface area (Å²) in [6.07, 6.45) is 1.64. The Bertz CT molecular complexity index is 828. The average Bonchev–Trinajstić information content (AvgIpc) is 2.47. The van der Waals surface area contributed by atoms with Gasteiger partial charge in [0.05, 0.1) is 4.92 Å². The highest BCUT2D eigenvalue weighted by Gasteiger charge is 2.20. The summed E-state index contributed by atoms with van der Waals surface area (Å²) < 4.78 is 5.68. The first-order valence-electron chi connectivity index (χ1n) is 6.21. The van der Waals surface area contributed by atoms with Gasteiger partial charge in [0.15, 0.2) is 5.75 Å². The maximum atomic E-state index is 11.1. The highest BCUT2D eigenvalue weighted by molar-refractivity contribution is 5.84. The van der Waals surface area contributed by atoms with Crippen molar-refractivity contribution in [1.82, 2.24) is 4.98 Å². The number of nitrogens with zero attached hydrogens (tertiary/aromatic N) is 2. The highest BCUT2D eigenvalue weighted by Crippen LogP contribution is 2.37. The summed E-state index contributed by atoms with van der Waals surface area (Å²) in [5.74, 6) is 0.542. The first-order valence-corrected chi connectivity index (χ1v) is 6.21. The molecule has 6 heteroatoms. The van der Waals surface area contributed by atoms with Crippen LogP contribution < -0.4 is 10.5 Å². The van der Waals surface area contributed by atoms with Crippen molar-refractivity contribution in [2.45, 2.75) is 0 Å². The quantitative estimate of drug-likeness (QED) is 0.450. The third-order valence-corrected chi connectivity index (χ3v) is 3.03. The summed E-state index contributed by atoms with van der Waals surface area (Å²) in [7, 11) is 0. The number of nitrogens with two attached hydrogens (primary N) is 1. The van der Waals surface area contributed by atoms with E-state index >= 15 is 0 Å². The van der Waals surface area contributed by atoms with Gasteiger partial charge in [-0.1, -0.05) is 24.3 Å². The minimum absolute atomic E-state index is 0.0608. The normalized spacial score (nSPS) is 10.5. The van der Waals surface area contributed by atoms with Crippen molar-refractivity contribution in [2.24, 2.45) is 0 Å². The van der Waals surface area contributed by atoms with Gasteiger partial charge in [-0.05, 0) is 24.3 Å². The molecule has 0 spiro atoms. The molecule has 0 radical (unpaired) electrons. The lowest BCUT2D eigenvalue weighted by Gasteiger charge is -2.09. The molecule has 1 heterocycles. The van der Waals surface area contributed by atoms with Crippen LogP contribution in [0.25, 0.3) is 10.9 Å². The van der Waals surface area contributed by atoms with Gasteiger partial charge in [-0.2, -0.15) is 0 Å². The van der Waals surface area contributed by atoms with E-state index in [4.69, 9.17) is 10.5 Å². The second-order valence-corrected chi connectivity index (χ2v) is 4.38. The van der Waals surface area contributed by atoms with Gasteiger partial charge in [-0.25, -0.2) is 0 Å². The average molecular weight is 281 g/mol. The van der Waals surface area contributed by atoms with Gasteiger partial charge in [-0.15, -0.1) is 0 Å². The Labute approximate surface area is 119 Å². The molecule has 0 amide bonds. The predicted molar refractivity (Wildman–Crippen MR) is 79.3 cm³/mol. The van der Waals surface area contributed by atoms with Crippen LogP contribution in [-0.2, 0) is 0 Å². The standard InChI is InChI=1S/C15H11N3O3/c16-11-6-2-8-13(15(11)18(19)20)21-12-7-1-4-10-5-3-9-17-14(10)12/h1-9H,16H2. The monoisotopic (exact) mass is 281 g/mol. The number of pyridine rings is 1. The van der Waals surface area contributed by atoms with Crippen molar-refractivity contribution in [2.75, 3.05) is 5.73 Å². The van der Waals surface area contributed by atoms with Gasteiger partial charge in [0.1, 0.15) is 11.2 Å². The van der Waals surface area contributed by atoms with Gasteiger partial charge in [-0.3, -0.25) is 15.1 Å². The van der Waals surface area contributed by atoms with Crippen LogP contribution in [-0.4, -0.2) is 9.91 Å². The number of anilines is 1. The molecule has 1 aromatic heterocycles. The lowest BCUT2D eigenvalue weighted by Crippen LogP contribution is -1.98.